The molecule has 2 atom stereocenters. The Labute approximate surface area is 174 Å². The molecular formula is C22H21N5O3. The van der Waals surface area contributed by atoms with E-state index in [0.29, 0.717) is 23.5 Å². The summed E-state index contributed by atoms with van der Waals surface area (Å²) in [6.45, 7) is 2.08. The van der Waals surface area contributed by atoms with E-state index in [1.54, 1.807) is 58.4 Å². The van der Waals surface area contributed by atoms with Crippen LogP contribution in [-0.2, 0) is 16.2 Å². The monoisotopic (exact) mass is 403 g/mol. The number of allylic oxidation sites excluding steroid dienone is 1. The molecule has 2 heterocycles. The van der Waals surface area contributed by atoms with E-state index >= 15 is 0 Å². The minimum Gasteiger partial charge on any atom is -0.392 e. The number of fused-ring (bicyclic) bond motifs is 1. The van der Waals surface area contributed by atoms with Crippen LogP contribution < -0.4 is 15.6 Å². The van der Waals surface area contributed by atoms with Crippen LogP contribution in [-0.4, -0.2) is 34.5 Å². The standard InChI is InChI=1S/C22H21N5O3/c1-14-12-26-20(22(30)27(14)18-7-5-15(13-28)6-8-18)19(11-24-26)21(29)25-17-4-2-3-16(9-17)10-23/h2-9,12,19-20,24,28H,11,13H2,1H3,(H,25,29)/t19-,20?/m0/s1. The summed E-state index contributed by atoms with van der Waals surface area (Å²) in [4.78, 5) is 27.9. The maximum atomic E-state index is 13.4. The lowest BCUT2D eigenvalue weighted by Gasteiger charge is -2.36. The van der Waals surface area contributed by atoms with Crippen molar-refractivity contribution in [2.45, 2.75) is 19.6 Å². The summed E-state index contributed by atoms with van der Waals surface area (Å²) in [6.07, 6.45) is 1.82. The second-order valence-electron chi connectivity index (χ2n) is 7.27. The molecule has 1 saturated heterocycles. The molecule has 4 rings (SSSR count). The molecule has 0 radical (unpaired) electrons. The Morgan fingerprint density at radius 3 is 2.77 bits per heavy atom. The first-order valence-electron chi connectivity index (χ1n) is 9.57. The maximum Gasteiger partial charge on any atom is 0.256 e. The number of hydrogen-bond donors (Lipinski definition) is 3. The molecule has 152 valence electrons. The summed E-state index contributed by atoms with van der Waals surface area (Å²) in [6, 6.07) is 15.1. The first-order valence-corrected chi connectivity index (χ1v) is 9.57. The van der Waals surface area contributed by atoms with E-state index in [9.17, 15) is 14.7 Å². The van der Waals surface area contributed by atoms with Crippen LogP contribution in [0.2, 0.25) is 0 Å². The number of hydrazine groups is 1. The van der Waals surface area contributed by atoms with Crippen LogP contribution in [0.5, 0.6) is 0 Å². The number of nitriles is 1. The number of aliphatic hydroxyl groups excluding tert-OH is 1. The van der Waals surface area contributed by atoms with Crippen LogP contribution in [0.15, 0.2) is 60.4 Å². The number of carbonyl (C=O) groups excluding carboxylic acids is 2. The average Bonchev–Trinajstić information content (AvgIpc) is 3.18. The minimum absolute atomic E-state index is 0.0708. The van der Waals surface area contributed by atoms with Gasteiger partial charge in [-0.25, -0.2) is 5.43 Å². The third-order valence-corrected chi connectivity index (χ3v) is 5.30. The van der Waals surface area contributed by atoms with Crippen molar-refractivity contribution in [3.05, 3.63) is 71.6 Å². The third-order valence-electron chi connectivity index (χ3n) is 5.30. The predicted molar refractivity (Wildman–Crippen MR) is 111 cm³/mol. The zero-order chi connectivity index (χ0) is 21.3. The normalized spacial score (nSPS) is 20.4. The number of nitrogens with zero attached hydrogens (tertiary/aromatic N) is 3. The molecule has 0 spiro atoms. The van der Waals surface area contributed by atoms with Gasteiger partial charge in [-0.3, -0.25) is 14.5 Å². The van der Waals surface area contributed by atoms with E-state index in [0.717, 1.165) is 11.3 Å². The van der Waals surface area contributed by atoms with E-state index in [2.05, 4.69) is 10.7 Å². The highest BCUT2D eigenvalue weighted by Gasteiger charge is 2.47. The molecule has 3 N–H and O–H groups in total. The molecule has 2 aliphatic heterocycles. The molecule has 8 nitrogen and oxygen atoms in total. The molecule has 8 heteroatoms. The molecule has 2 aromatic carbocycles. The van der Waals surface area contributed by atoms with E-state index in [4.69, 9.17) is 5.26 Å². The van der Waals surface area contributed by atoms with Crippen molar-refractivity contribution in [1.29, 1.82) is 5.26 Å². The van der Waals surface area contributed by atoms with Gasteiger partial charge in [-0.05, 0) is 42.8 Å². The Hall–Kier alpha value is -3.67. The summed E-state index contributed by atoms with van der Waals surface area (Å²) in [5.41, 5.74) is 6.24. The Bertz CT molecular complexity index is 1060. The number of rotatable bonds is 4. The van der Waals surface area contributed by atoms with Crippen molar-refractivity contribution in [3.63, 3.8) is 0 Å². The molecule has 2 aromatic rings. The van der Waals surface area contributed by atoms with Crippen LogP contribution in [0.25, 0.3) is 0 Å². The van der Waals surface area contributed by atoms with Crippen LogP contribution in [0.1, 0.15) is 18.1 Å². The Morgan fingerprint density at radius 1 is 1.30 bits per heavy atom. The second-order valence-corrected chi connectivity index (χ2v) is 7.27. The second kappa shape index (κ2) is 7.99. The zero-order valence-corrected chi connectivity index (χ0v) is 16.4. The molecule has 0 bridgehead atoms. The lowest BCUT2D eigenvalue weighted by molar-refractivity contribution is -0.129. The SMILES string of the molecule is CC1=CN2NC[C@H](C(=O)Nc3cccc(C#N)c3)C2C(=O)N1c1ccc(CO)cc1. The van der Waals surface area contributed by atoms with Crippen molar-refractivity contribution >= 4 is 23.2 Å². The molecule has 2 aliphatic rings. The van der Waals surface area contributed by atoms with E-state index in [1.807, 2.05) is 19.2 Å². The van der Waals surface area contributed by atoms with Gasteiger partial charge in [0.25, 0.3) is 5.91 Å². The number of hydrogen-bond acceptors (Lipinski definition) is 6. The summed E-state index contributed by atoms with van der Waals surface area (Å²) >= 11 is 0. The molecule has 30 heavy (non-hydrogen) atoms. The zero-order valence-electron chi connectivity index (χ0n) is 16.4. The number of amides is 2. The van der Waals surface area contributed by atoms with Crippen molar-refractivity contribution in [3.8, 4) is 6.07 Å². The van der Waals surface area contributed by atoms with Gasteiger partial charge in [0.15, 0.2) is 0 Å². The molecule has 1 unspecified atom stereocenters. The topological polar surface area (TPSA) is 109 Å². The van der Waals surface area contributed by atoms with Crippen LogP contribution in [0.4, 0.5) is 11.4 Å². The van der Waals surface area contributed by atoms with Gasteiger partial charge in [0.2, 0.25) is 5.91 Å². The summed E-state index contributed by atoms with van der Waals surface area (Å²) in [7, 11) is 0. The Kier molecular flexibility index (Phi) is 5.23. The van der Waals surface area contributed by atoms with Gasteiger partial charge in [0.1, 0.15) is 6.04 Å². The van der Waals surface area contributed by atoms with Gasteiger partial charge < -0.3 is 15.4 Å². The molecule has 0 aromatic heterocycles. The van der Waals surface area contributed by atoms with Gasteiger partial charge >= 0.3 is 0 Å². The first-order chi connectivity index (χ1) is 14.5. The quantitative estimate of drug-likeness (QED) is 0.717. The number of aliphatic hydroxyl groups is 1. The molecular weight excluding hydrogens is 382 g/mol. The highest BCUT2D eigenvalue weighted by atomic mass is 16.3. The third kappa shape index (κ3) is 3.52. The molecule has 2 amide bonds. The molecule has 1 fully saturated rings. The lowest BCUT2D eigenvalue weighted by atomic mass is 9.97. The average molecular weight is 403 g/mol. The van der Waals surface area contributed by atoms with Gasteiger partial charge in [-0.2, -0.15) is 5.26 Å². The van der Waals surface area contributed by atoms with Crippen molar-refractivity contribution in [1.82, 2.24) is 10.4 Å². The van der Waals surface area contributed by atoms with Gasteiger partial charge in [0.05, 0.1) is 24.2 Å². The minimum atomic E-state index is -0.689. The number of carbonyl (C=O) groups is 2. The highest BCUT2D eigenvalue weighted by Crippen LogP contribution is 2.31. The van der Waals surface area contributed by atoms with Gasteiger partial charge in [-0.1, -0.05) is 18.2 Å². The number of benzene rings is 2. The van der Waals surface area contributed by atoms with Crippen LogP contribution in [0.3, 0.4) is 0 Å². The van der Waals surface area contributed by atoms with Gasteiger partial charge in [0, 0.05) is 29.8 Å². The largest absolute Gasteiger partial charge is 0.392 e. The van der Waals surface area contributed by atoms with E-state index in [1.165, 1.54) is 0 Å². The summed E-state index contributed by atoms with van der Waals surface area (Å²) in [5.74, 6) is -1.10. The van der Waals surface area contributed by atoms with Crippen molar-refractivity contribution < 1.29 is 14.7 Å². The summed E-state index contributed by atoms with van der Waals surface area (Å²) in [5, 5.41) is 22.8. The number of anilines is 2. The molecule has 0 saturated carbocycles. The highest BCUT2D eigenvalue weighted by molar-refractivity contribution is 6.05. The van der Waals surface area contributed by atoms with Crippen molar-refractivity contribution in [2.24, 2.45) is 5.92 Å². The van der Waals surface area contributed by atoms with Crippen LogP contribution >= 0.6 is 0 Å². The first kappa shape index (κ1) is 19.6. The van der Waals surface area contributed by atoms with E-state index < -0.39 is 12.0 Å². The fourth-order valence-corrected chi connectivity index (χ4v) is 3.81. The number of nitrogens with one attached hydrogen (secondary N) is 2. The maximum absolute atomic E-state index is 13.4. The fourth-order valence-electron chi connectivity index (χ4n) is 3.81. The smallest absolute Gasteiger partial charge is 0.256 e. The van der Waals surface area contributed by atoms with E-state index in [-0.39, 0.29) is 18.4 Å². The Morgan fingerprint density at radius 2 is 2.07 bits per heavy atom. The predicted octanol–water partition coefficient (Wildman–Crippen LogP) is 1.70. The summed E-state index contributed by atoms with van der Waals surface area (Å²) < 4.78 is 0. The van der Waals surface area contributed by atoms with Crippen LogP contribution in [0, 0.1) is 17.2 Å². The molecule has 0 aliphatic carbocycles. The lowest BCUT2D eigenvalue weighted by Crippen LogP contribution is -2.53. The fraction of sp³-hybridized carbons (Fsp3) is 0.227. The van der Waals surface area contributed by atoms with Gasteiger partial charge in [-0.15, -0.1) is 0 Å². The van der Waals surface area contributed by atoms with Crippen molar-refractivity contribution in [2.75, 3.05) is 16.8 Å². The Balaban J connectivity index is 1.57.